The molecule has 1 atom stereocenters. The Morgan fingerprint density at radius 2 is 1.93 bits per heavy atom. The van der Waals surface area contributed by atoms with Crippen molar-refractivity contribution in [3.63, 3.8) is 0 Å². The first-order valence-corrected chi connectivity index (χ1v) is 6.53. The molecule has 0 spiro atoms. The first-order valence-electron chi connectivity index (χ1n) is 5.45. The fourth-order valence-corrected chi connectivity index (χ4v) is 2.29. The van der Waals surface area contributed by atoms with E-state index in [1.165, 1.54) is 9.13 Å². The summed E-state index contributed by atoms with van der Waals surface area (Å²) in [7, 11) is 0. The van der Waals surface area contributed by atoms with E-state index in [1.54, 1.807) is 0 Å². The van der Waals surface area contributed by atoms with Crippen LogP contribution in [0.3, 0.4) is 0 Å². The van der Waals surface area contributed by atoms with Crippen LogP contribution in [-0.4, -0.2) is 5.11 Å². The number of rotatable bonds is 4. The number of hydrogen-bond acceptors (Lipinski definition) is 1. The van der Waals surface area contributed by atoms with Crippen molar-refractivity contribution in [2.24, 2.45) is 5.92 Å². The summed E-state index contributed by atoms with van der Waals surface area (Å²) in [5, 5.41) is 10.1. The highest BCUT2D eigenvalue weighted by molar-refractivity contribution is 14.1. The minimum Gasteiger partial charge on any atom is -0.388 e. The summed E-state index contributed by atoms with van der Waals surface area (Å²) in [4.78, 5) is 0. The summed E-state index contributed by atoms with van der Waals surface area (Å²) in [6, 6.07) is 6.13. The normalized spacial score (nSPS) is 13.2. The van der Waals surface area contributed by atoms with Gasteiger partial charge in [-0.3, -0.25) is 0 Å². The predicted molar refractivity (Wildman–Crippen MR) is 72.9 cm³/mol. The zero-order valence-electron chi connectivity index (χ0n) is 9.63. The molecule has 1 aromatic carbocycles. The first kappa shape index (κ1) is 13.0. The zero-order chi connectivity index (χ0) is 11.4. The number of benzene rings is 1. The van der Waals surface area contributed by atoms with Crippen LogP contribution in [0.1, 0.15) is 43.9 Å². The summed E-state index contributed by atoms with van der Waals surface area (Å²) in [5.74, 6) is 0.655. The second-order valence-corrected chi connectivity index (χ2v) is 5.54. The van der Waals surface area contributed by atoms with E-state index in [4.69, 9.17) is 0 Å². The van der Waals surface area contributed by atoms with Gasteiger partial charge in [-0.25, -0.2) is 0 Å². The van der Waals surface area contributed by atoms with Gasteiger partial charge in [0.1, 0.15) is 0 Å². The van der Waals surface area contributed by atoms with Crippen LogP contribution in [0.5, 0.6) is 0 Å². The molecule has 1 rings (SSSR count). The molecular weight excluding hydrogens is 299 g/mol. The van der Waals surface area contributed by atoms with Gasteiger partial charge in [-0.15, -0.1) is 0 Å². The predicted octanol–water partition coefficient (Wildman–Crippen LogP) is 4.07. The minimum absolute atomic E-state index is 0.306. The zero-order valence-corrected chi connectivity index (χ0v) is 11.8. The molecule has 0 aromatic heterocycles. The van der Waals surface area contributed by atoms with Crippen LogP contribution < -0.4 is 0 Å². The van der Waals surface area contributed by atoms with Gasteiger partial charge in [0.25, 0.3) is 0 Å². The molecular formula is C13H19IO. The lowest BCUT2D eigenvalue weighted by Crippen LogP contribution is -2.03. The maximum absolute atomic E-state index is 10.1. The van der Waals surface area contributed by atoms with Crippen molar-refractivity contribution >= 4 is 22.6 Å². The smallest absolute Gasteiger partial charge is 0.0800 e. The molecule has 15 heavy (non-hydrogen) atoms. The Hall–Kier alpha value is -0.0900. The van der Waals surface area contributed by atoms with Crippen LogP contribution in [0.2, 0.25) is 0 Å². The number of aryl methyl sites for hydroxylation is 1. The molecule has 0 aliphatic heterocycles. The average Bonchev–Trinajstić information content (AvgIpc) is 2.18. The average molecular weight is 318 g/mol. The lowest BCUT2D eigenvalue weighted by Gasteiger charge is -2.15. The van der Waals surface area contributed by atoms with Gasteiger partial charge in [-0.05, 0) is 59.4 Å². The van der Waals surface area contributed by atoms with E-state index >= 15 is 0 Å². The fourth-order valence-electron chi connectivity index (χ4n) is 1.57. The molecule has 0 amide bonds. The third-order valence-electron chi connectivity index (χ3n) is 2.60. The molecule has 0 radical (unpaired) electrons. The van der Waals surface area contributed by atoms with Gasteiger partial charge in [-0.1, -0.05) is 32.0 Å². The largest absolute Gasteiger partial charge is 0.388 e. The third-order valence-corrected chi connectivity index (χ3v) is 4.07. The molecule has 0 bridgehead atoms. The van der Waals surface area contributed by atoms with Gasteiger partial charge in [0, 0.05) is 3.57 Å². The van der Waals surface area contributed by atoms with Crippen molar-refractivity contribution in [2.45, 2.75) is 39.7 Å². The van der Waals surface area contributed by atoms with Crippen molar-refractivity contribution in [1.29, 1.82) is 0 Å². The highest BCUT2D eigenvalue weighted by Gasteiger charge is 2.12. The fraction of sp³-hybridized carbons (Fsp3) is 0.538. The van der Waals surface area contributed by atoms with Crippen molar-refractivity contribution in [3.05, 3.63) is 32.9 Å². The van der Waals surface area contributed by atoms with Crippen LogP contribution in [0.4, 0.5) is 0 Å². The van der Waals surface area contributed by atoms with E-state index in [0.717, 1.165) is 18.4 Å². The molecule has 0 aliphatic rings. The van der Waals surface area contributed by atoms with Gasteiger partial charge in [0.05, 0.1) is 6.10 Å². The Labute approximate surface area is 106 Å². The second-order valence-electron chi connectivity index (χ2n) is 4.47. The Kier molecular flexibility index (Phi) is 5.06. The molecule has 2 heteroatoms. The molecule has 1 N–H and O–H groups in total. The Morgan fingerprint density at radius 1 is 1.27 bits per heavy atom. The van der Waals surface area contributed by atoms with E-state index in [0.29, 0.717) is 5.92 Å². The van der Waals surface area contributed by atoms with Crippen LogP contribution in [-0.2, 0) is 0 Å². The van der Waals surface area contributed by atoms with Gasteiger partial charge in [0.2, 0.25) is 0 Å². The number of aliphatic hydroxyl groups is 1. The topological polar surface area (TPSA) is 20.2 Å². The molecule has 0 aliphatic carbocycles. The van der Waals surface area contributed by atoms with E-state index in [-0.39, 0.29) is 6.10 Å². The van der Waals surface area contributed by atoms with E-state index in [1.807, 2.05) is 12.1 Å². The number of aliphatic hydroxyl groups excluding tert-OH is 1. The van der Waals surface area contributed by atoms with Crippen LogP contribution in [0.25, 0.3) is 0 Å². The number of halogens is 1. The van der Waals surface area contributed by atoms with Gasteiger partial charge in [-0.2, -0.15) is 0 Å². The molecule has 0 heterocycles. The van der Waals surface area contributed by atoms with Crippen LogP contribution >= 0.6 is 22.6 Å². The third kappa shape index (κ3) is 3.76. The lowest BCUT2D eigenvalue weighted by molar-refractivity contribution is 0.158. The van der Waals surface area contributed by atoms with Gasteiger partial charge < -0.3 is 5.11 Å². The summed E-state index contributed by atoms with van der Waals surface area (Å²) < 4.78 is 1.20. The van der Waals surface area contributed by atoms with Crippen molar-refractivity contribution in [3.8, 4) is 0 Å². The van der Waals surface area contributed by atoms with Crippen LogP contribution in [0.15, 0.2) is 18.2 Å². The Bertz CT molecular complexity index is 320. The van der Waals surface area contributed by atoms with Gasteiger partial charge in [0.15, 0.2) is 0 Å². The Balaban J connectivity index is 2.73. The highest BCUT2D eigenvalue weighted by atomic mass is 127. The van der Waals surface area contributed by atoms with E-state index in [2.05, 4.69) is 49.4 Å². The molecule has 0 saturated carbocycles. The SMILES string of the molecule is Cc1cccc(C(O)CCC(C)C)c1I. The quantitative estimate of drug-likeness (QED) is 0.830. The van der Waals surface area contributed by atoms with Crippen molar-refractivity contribution in [2.75, 3.05) is 0 Å². The molecule has 1 unspecified atom stereocenters. The highest BCUT2D eigenvalue weighted by Crippen LogP contribution is 2.26. The number of hydrogen-bond donors (Lipinski definition) is 1. The van der Waals surface area contributed by atoms with E-state index in [9.17, 15) is 5.11 Å². The summed E-state index contributed by atoms with van der Waals surface area (Å²) in [6.45, 7) is 6.46. The summed E-state index contributed by atoms with van der Waals surface area (Å²) in [6.07, 6.45) is 1.63. The summed E-state index contributed by atoms with van der Waals surface area (Å²) in [5.41, 5.74) is 2.33. The second kappa shape index (κ2) is 5.85. The molecule has 1 aromatic rings. The maximum Gasteiger partial charge on any atom is 0.0800 e. The lowest BCUT2D eigenvalue weighted by atomic mass is 9.99. The molecule has 1 nitrogen and oxygen atoms in total. The van der Waals surface area contributed by atoms with Crippen molar-refractivity contribution in [1.82, 2.24) is 0 Å². The molecule has 0 saturated heterocycles. The van der Waals surface area contributed by atoms with Crippen molar-refractivity contribution < 1.29 is 5.11 Å². The Morgan fingerprint density at radius 3 is 2.53 bits per heavy atom. The molecule has 84 valence electrons. The van der Waals surface area contributed by atoms with E-state index < -0.39 is 0 Å². The monoisotopic (exact) mass is 318 g/mol. The van der Waals surface area contributed by atoms with Crippen LogP contribution in [0, 0.1) is 16.4 Å². The minimum atomic E-state index is -0.306. The van der Waals surface area contributed by atoms with Gasteiger partial charge >= 0.3 is 0 Å². The standard InChI is InChI=1S/C13H19IO/c1-9(2)7-8-12(15)11-6-4-5-10(3)13(11)14/h4-6,9,12,15H,7-8H2,1-3H3. The molecule has 0 fully saturated rings. The summed E-state index contributed by atoms with van der Waals surface area (Å²) >= 11 is 2.32. The maximum atomic E-state index is 10.1. The first-order chi connectivity index (χ1) is 7.02.